The summed E-state index contributed by atoms with van der Waals surface area (Å²) in [5, 5.41) is 0. The van der Waals surface area contributed by atoms with Crippen molar-refractivity contribution in [3.8, 4) is 0 Å². The molecule has 6 heteroatoms. The molecule has 2 aromatic rings. The van der Waals surface area contributed by atoms with Crippen molar-refractivity contribution >= 4 is 29.1 Å². The summed E-state index contributed by atoms with van der Waals surface area (Å²) in [6.07, 6.45) is 1.94. The van der Waals surface area contributed by atoms with Crippen molar-refractivity contribution in [3.63, 3.8) is 0 Å². The van der Waals surface area contributed by atoms with Crippen molar-refractivity contribution in [2.45, 2.75) is 49.3 Å². The minimum absolute atomic E-state index is 0.486. The number of benzene rings is 2. The highest BCUT2D eigenvalue weighted by atomic mass is 32.2. The molecule has 0 saturated heterocycles. The van der Waals surface area contributed by atoms with Crippen molar-refractivity contribution in [1.29, 1.82) is 0 Å². The lowest BCUT2D eigenvalue weighted by Crippen LogP contribution is -2.02. The summed E-state index contributed by atoms with van der Waals surface area (Å²) in [4.78, 5) is -0.270. The molecule has 2 rings (SSSR count). The second kappa shape index (κ2) is 9.02. The van der Waals surface area contributed by atoms with E-state index in [0.29, 0.717) is 33.3 Å². The summed E-state index contributed by atoms with van der Waals surface area (Å²) in [5.74, 6) is -5.50. The lowest BCUT2D eigenvalue weighted by Gasteiger charge is -2.12. The zero-order valence-corrected chi connectivity index (χ0v) is 17.3. The number of thioether (sulfide) groups is 1. The van der Waals surface area contributed by atoms with Gasteiger partial charge in [-0.15, -0.1) is 0 Å². The molecule has 0 radical (unpaired) electrons. The molecule has 2 aromatic carbocycles. The van der Waals surface area contributed by atoms with Gasteiger partial charge in [-0.25, -0.2) is 17.6 Å². The van der Waals surface area contributed by atoms with Gasteiger partial charge in [-0.2, -0.15) is 0 Å². The van der Waals surface area contributed by atoms with E-state index in [1.807, 2.05) is 19.9 Å². The Morgan fingerprint density at radius 3 is 1.70 bits per heavy atom. The molecule has 0 spiro atoms. The van der Waals surface area contributed by atoms with Crippen LogP contribution in [0.3, 0.4) is 0 Å². The van der Waals surface area contributed by atoms with Crippen LogP contribution in [0, 0.1) is 23.3 Å². The third-order valence-corrected chi connectivity index (χ3v) is 6.45. The van der Waals surface area contributed by atoms with Gasteiger partial charge in [0.25, 0.3) is 0 Å². The Morgan fingerprint density at radius 1 is 0.778 bits per heavy atom. The molecule has 0 aliphatic heterocycles. The fraction of sp³-hybridized carbons (Fsp3) is 0.238. The smallest absolute Gasteiger partial charge is 0.177 e. The lowest BCUT2D eigenvalue weighted by atomic mass is 10.1. The Labute approximate surface area is 165 Å². The van der Waals surface area contributed by atoms with Crippen LogP contribution in [0.25, 0.3) is 5.57 Å². The normalized spacial score (nSPS) is 11.7. The quantitative estimate of drug-likeness (QED) is 0.276. The minimum atomic E-state index is -1.38. The topological polar surface area (TPSA) is 0 Å². The average molecular weight is 413 g/mol. The van der Waals surface area contributed by atoms with Crippen LogP contribution in [0.15, 0.2) is 55.5 Å². The third kappa shape index (κ3) is 4.79. The second-order valence-electron chi connectivity index (χ2n) is 6.17. The molecule has 0 saturated carbocycles. The molecule has 0 aliphatic carbocycles. The number of hydrogen-bond acceptors (Lipinski definition) is 2. The van der Waals surface area contributed by atoms with Crippen LogP contribution in [0.1, 0.15) is 40.2 Å². The van der Waals surface area contributed by atoms with E-state index >= 15 is 0 Å². The molecule has 0 fully saturated rings. The molecule has 0 N–H and O–H groups in total. The zero-order chi connectivity index (χ0) is 20.3. The van der Waals surface area contributed by atoms with Gasteiger partial charge in [0.15, 0.2) is 23.3 Å². The maximum Gasteiger partial charge on any atom is 0.177 e. The van der Waals surface area contributed by atoms with E-state index in [9.17, 15) is 17.6 Å². The number of rotatable bonds is 5. The highest BCUT2D eigenvalue weighted by Gasteiger charge is 2.26. The molecule has 0 atom stereocenters. The van der Waals surface area contributed by atoms with Crippen LogP contribution in [0.5, 0.6) is 0 Å². The molecule has 144 valence electrons. The van der Waals surface area contributed by atoms with Gasteiger partial charge in [-0.05, 0) is 62.8 Å². The van der Waals surface area contributed by atoms with E-state index in [2.05, 4.69) is 0 Å². The van der Waals surface area contributed by atoms with Gasteiger partial charge in [-0.1, -0.05) is 47.3 Å². The summed E-state index contributed by atoms with van der Waals surface area (Å²) in [7, 11) is 0. The van der Waals surface area contributed by atoms with Crippen LogP contribution in [0.2, 0.25) is 0 Å². The van der Waals surface area contributed by atoms with Crippen LogP contribution >= 0.6 is 23.5 Å². The summed E-state index contributed by atoms with van der Waals surface area (Å²) >= 11 is 1.35. The van der Waals surface area contributed by atoms with Crippen molar-refractivity contribution < 1.29 is 17.6 Å². The number of allylic oxidation sites excluding steroid dienone is 4. The molecule has 0 aliphatic rings. The molecule has 0 aromatic heterocycles. The maximum absolute atomic E-state index is 14.5. The lowest BCUT2D eigenvalue weighted by molar-refractivity contribution is 0.401. The van der Waals surface area contributed by atoms with E-state index in [4.69, 9.17) is 0 Å². The largest absolute Gasteiger partial charge is 0.202 e. The first kappa shape index (κ1) is 21.6. The molecule has 0 nitrogen and oxygen atoms in total. The van der Waals surface area contributed by atoms with Crippen molar-refractivity contribution in [2.75, 3.05) is 0 Å². The predicted molar refractivity (Wildman–Crippen MR) is 106 cm³/mol. The van der Waals surface area contributed by atoms with E-state index in [1.165, 1.54) is 0 Å². The Hall–Kier alpha value is -1.66. The first-order valence-electron chi connectivity index (χ1n) is 8.26. The van der Waals surface area contributed by atoms with Gasteiger partial charge in [0, 0.05) is 4.90 Å². The van der Waals surface area contributed by atoms with E-state index < -0.39 is 33.1 Å². The molecule has 0 unspecified atom stereocenters. The molecule has 0 heterocycles. The van der Waals surface area contributed by atoms with Gasteiger partial charge in [0.2, 0.25) is 0 Å². The van der Waals surface area contributed by atoms with E-state index in [1.54, 1.807) is 45.0 Å². The van der Waals surface area contributed by atoms with Crippen molar-refractivity contribution in [1.82, 2.24) is 0 Å². The molecular formula is C21H20F4S2. The van der Waals surface area contributed by atoms with Crippen molar-refractivity contribution in [2.24, 2.45) is 0 Å². The van der Waals surface area contributed by atoms with Crippen molar-refractivity contribution in [3.05, 3.63) is 69.7 Å². The monoisotopic (exact) mass is 412 g/mol. The van der Waals surface area contributed by atoms with Crippen LogP contribution < -0.4 is 0 Å². The van der Waals surface area contributed by atoms with Gasteiger partial charge in [0.05, 0.1) is 9.79 Å². The number of hydrogen-bond donors (Lipinski definition) is 0. The standard InChI is InChI=1S/C21H20F4S2/c1-6-12(4)14-7-9-15(10-8-14)27-21-18(24)16(22)20(17(23)19(21)25)26-13(5)11(2)3/h6-10H,1-5H3. The second-order valence-corrected chi connectivity index (χ2v) is 8.48. The Bertz CT molecular complexity index is 880. The highest BCUT2D eigenvalue weighted by Crippen LogP contribution is 2.41. The number of halogens is 4. The molecule has 0 amide bonds. The fourth-order valence-electron chi connectivity index (χ4n) is 2.10. The van der Waals surface area contributed by atoms with Crippen LogP contribution in [0.4, 0.5) is 17.6 Å². The van der Waals surface area contributed by atoms with Gasteiger partial charge in [0.1, 0.15) is 0 Å². The zero-order valence-electron chi connectivity index (χ0n) is 15.7. The maximum atomic E-state index is 14.5. The SMILES string of the molecule is CC=C(C)c1ccc(Sc2c(F)c(F)c(SC(C)=C(C)C)c(F)c2F)cc1. The molecular weight excluding hydrogens is 392 g/mol. The van der Waals surface area contributed by atoms with Gasteiger partial charge in [-0.3, -0.25) is 0 Å². The average Bonchev–Trinajstić information content (AvgIpc) is 2.66. The van der Waals surface area contributed by atoms with Crippen LogP contribution in [-0.4, -0.2) is 0 Å². The first-order valence-corrected chi connectivity index (χ1v) is 9.89. The summed E-state index contributed by atoms with van der Waals surface area (Å²) < 4.78 is 57.7. The summed E-state index contributed by atoms with van der Waals surface area (Å²) in [5.41, 5.74) is 2.83. The first-order chi connectivity index (χ1) is 12.7. The van der Waals surface area contributed by atoms with E-state index in [-0.39, 0.29) is 0 Å². The summed E-state index contributed by atoms with van der Waals surface area (Å²) in [6.45, 7) is 9.01. The van der Waals surface area contributed by atoms with E-state index in [0.717, 1.165) is 16.7 Å². The highest BCUT2D eigenvalue weighted by molar-refractivity contribution is 8.03. The Morgan fingerprint density at radius 2 is 1.26 bits per heavy atom. The van der Waals surface area contributed by atoms with Gasteiger partial charge >= 0.3 is 0 Å². The predicted octanol–water partition coefficient (Wildman–Crippen LogP) is 8.22. The Kier molecular flexibility index (Phi) is 7.23. The molecule has 0 bridgehead atoms. The fourth-order valence-corrected chi connectivity index (χ4v) is 3.83. The van der Waals surface area contributed by atoms with Crippen LogP contribution in [-0.2, 0) is 0 Å². The third-order valence-electron chi connectivity index (χ3n) is 4.10. The summed E-state index contributed by atoms with van der Waals surface area (Å²) in [6, 6.07) is 6.92. The van der Waals surface area contributed by atoms with Gasteiger partial charge < -0.3 is 0 Å². The molecule has 27 heavy (non-hydrogen) atoms. The minimum Gasteiger partial charge on any atom is -0.202 e. The Balaban J connectivity index is 2.43.